The second-order valence-corrected chi connectivity index (χ2v) is 8.32. The average Bonchev–Trinajstić information content (AvgIpc) is 2.76. The van der Waals surface area contributed by atoms with E-state index >= 15 is 0 Å². The van der Waals surface area contributed by atoms with Gasteiger partial charge >= 0.3 is 0 Å². The summed E-state index contributed by atoms with van der Waals surface area (Å²) in [5, 5.41) is 3.32. The quantitative estimate of drug-likeness (QED) is 0.298. The molecule has 2 fully saturated rings. The molecule has 0 amide bonds. The minimum atomic E-state index is -3.06. The summed E-state index contributed by atoms with van der Waals surface area (Å²) in [7, 11) is -3.06. The van der Waals surface area contributed by atoms with Gasteiger partial charge in [0.1, 0.15) is 0 Å². The predicted molar refractivity (Wildman–Crippen MR) is 101 cm³/mol. The van der Waals surface area contributed by atoms with Gasteiger partial charge < -0.3 is 11.1 Å². The van der Waals surface area contributed by atoms with Crippen LogP contribution < -0.4 is 11.1 Å². The summed E-state index contributed by atoms with van der Waals surface area (Å²) >= 11 is 0. The first-order valence-corrected chi connectivity index (χ1v) is 9.81. The molecule has 6 nitrogen and oxygen atoms in total. The highest BCUT2D eigenvalue weighted by Gasteiger charge is 2.28. The predicted octanol–water partition coefficient (Wildman–Crippen LogP) is 1.51. The lowest BCUT2D eigenvalue weighted by molar-refractivity contribution is 0.463. The van der Waals surface area contributed by atoms with Crippen molar-refractivity contribution < 1.29 is 8.42 Å². The van der Waals surface area contributed by atoms with Gasteiger partial charge in [-0.15, -0.1) is 24.0 Å². The van der Waals surface area contributed by atoms with E-state index in [2.05, 4.69) is 10.3 Å². The number of aliphatic imine (C=N–C) groups is 1. The fraction of sp³-hybridized carbons (Fsp3) is 0.929. The van der Waals surface area contributed by atoms with E-state index in [1.54, 1.807) is 0 Å². The number of nitrogens with one attached hydrogen (secondary N) is 1. The molecule has 0 aromatic carbocycles. The van der Waals surface area contributed by atoms with E-state index < -0.39 is 10.0 Å². The number of sulfonamides is 1. The lowest BCUT2D eigenvalue weighted by Gasteiger charge is -2.17. The van der Waals surface area contributed by atoms with E-state index in [0.29, 0.717) is 31.6 Å². The zero-order valence-electron chi connectivity index (χ0n) is 13.3. The molecule has 0 bridgehead atoms. The van der Waals surface area contributed by atoms with Crippen LogP contribution in [-0.2, 0) is 10.0 Å². The van der Waals surface area contributed by atoms with E-state index in [0.717, 1.165) is 6.42 Å². The number of hydrogen-bond acceptors (Lipinski definition) is 3. The molecule has 1 unspecified atom stereocenters. The minimum Gasteiger partial charge on any atom is -0.370 e. The summed E-state index contributed by atoms with van der Waals surface area (Å²) in [6.45, 7) is 1.78. The Morgan fingerprint density at radius 1 is 1.23 bits per heavy atom. The molecule has 1 heterocycles. The maximum absolute atomic E-state index is 11.5. The normalized spacial score (nSPS) is 25.5. The molecule has 0 radical (unpaired) electrons. The average molecular weight is 444 g/mol. The number of halogens is 1. The summed E-state index contributed by atoms with van der Waals surface area (Å²) in [5.74, 6) is 0.800. The van der Waals surface area contributed by atoms with Crippen LogP contribution in [0.1, 0.15) is 44.9 Å². The maximum Gasteiger partial charge on any atom is 0.211 e. The Kier molecular flexibility index (Phi) is 8.40. The third-order valence-corrected chi connectivity index (χ3v) is 5.71. The SMILES string of the molecule is CS(=O)(=O)N1CCC(CN=C(N)NC2CCCCCC2)C1.I. The summed E-state index contributed by atoms with van der Waals surface area (Å²) in [5.41, 5.74) is 5.96. The highest BCUT2D eigenvalue weighted by molar-refractivity contribution is 14.0. The Morgan fingerprint density at radius 3 is 2.41 bits per heavy atom. The second-order valence-electron chi connectivity index (χ2n) is 6.33. The van der Waals surface area contributed by atoms with Crippen molar-refractivity contribution >= 4 is 40.0 Å². The van der Waals surface area contributed by atoms with E-state index in [4.69, 9.17) is 5.73 Å². The molecule has 3 N–H and O–H groups in total. The van der Waals surface area contributed by atoms with E-state index in [-0.39, 0.29) is 29.9 Å². The molecule has 1 saturated heterocycles. The molecule has 1 atom stereocenters. The van der Waals surface area contributed by atoms with Crippen LogP contribution in [0.4, 0.5) is 0 Å². The van der Waals surface area contributed by atoms with Gasteiger partial charge in [0.05, 0.1) is 6.26 Å². The van der Waals surface area contributed by atoms with Crippen molar-refractivity contribution in [2.75, 3.05) is 25.9 Å². The fourth-order valence-corrected chi connectivity index (χ4v) is 4.07. The summed E-state index contributed by atoms with van der Waals surface area (Å²) in [6.07, 6.45) is 9.63. The molecular formula is C14H29IN4O2S. The Morgan fingerprint density at radius 2 is 1.86 bits per heavy atom. The lowest BCUT2D eigenvalue weighted by atomic mass is 10.1. The topological polar surface area (TPSA) is 87.8 Å². The van der Waals surface area contributed by atoms with Crippen molar-refractivity contribution in [3.63, 3.8) is 0 Å². The van der Waals surface area contributed by atoms with Gasteiger partial charge in [-0.25, -0.2) is 12.7 Å². The molecule has 2 aliphatic rings. The van der Waals surface area contributed by atoms with Crippen LogP contribution in [0.25, 0.3) is 0 Å². The molecule has 1 aliphatic carbocycles. The Hall–Kier alpha value is -0.0900. The highest BCUT2D eigenvalue weighted by Crippen LogP contribution is 2.19. The number of guanidine groups is 1. The summed E-state index contributed by atoms with van der Waals surface area (Å²) in [6, 6.07) is 0.451. The molecule has 8 heteroatoms. The second kappa shape index (κ2) is 9.27. The van der Waals surface area contributed by atoms with Crippen molar-refractivity contribution in [1.82, 2.24) is 9.62 Å². The summed E-state index contributed by atoms with van der Waals surface area (Å²) in [4.78, 5) is 4.41. The van der Waals surface area contributed by atoms with Crippen molar-refractivity contribution in [2.45, 2.75) is 51.0 Å². The third kappa shape index (κ3) is 6.57. The largest absolute Gasteiger partial charge is 0.370 e. The molecule has 0 aromatic rings. The molecular weight excluding hydrogens is 415 g/mol. The lowest BCUT2D eigenvalue weighted by Crippen LogP contribution is -2.40. The molecule has 2 rings (SSSR count). The van der Waals surface area contributed by atoms with Gasteiger partial charge in [0, 0.05) is 25.7 Å². The first-order chi connectivity index (χ1) is 9.95. The van der Waals surface area contributed by atoms with Crippen molar-refractivity contribution in [1.29, 1.82) is 0 Å². The van der Waals surface area contributed by atoms with Gasteiger partial charge in [-0.2, -0.15) is 0 Å². The van der Waals surface area contributed by atoms with Gasteiger partial charge in [0.15, 0.2) is 5.96 Å². The number of rotatable bonds is 4. The van der Waals surface area contributed by atoms with E-state index in [1.807, 2.05) is 0 Å². The molecule has 1 aliphatic heterocycles. The highest BCUT2D eigenvalue weighted by atomic mass is 127. The Bertz CT molecular complexity index is 461. The van der Waals surface area contributed by atoms with Crippen molar-refractivity contribution in [3.8, 4) is 0 Å². The maximum atomic E-state index is 11.5. The van der Waals surface area contributed by atoms with Crippen LogP contribution in [0.2, 0.25) is 0 Å². The van der Waals surface area contributed by atoms with Crippen LogP contribution in [0.15, 0.2) is 4.99 Å². The minimum absolute atomic E-state index is 0. The number of nitrogens with two attached hydrogens (primary N) is 1. The number of hydrogen-bond donors (Lipinski definition) is 2. The van der Waals surface area contributed by atoms with E-state index in [1.165, 1.54) is 49.1 Å². The van der Waals surface area contributed by atoms with Crippen LogP contribution in [0, 0.1) is 5.92 Å². The standard InChI is InChI=1S/C14H28N4O2S.HI/c1-21(19,20)18-9-8-12(11-18)10-16-14(15)17-13-6-4-2-3-5-7-13;/h12-13H,2-11H2,1H3,(H3,15,16,17);1H. The van der Waals surface area contributed by atoms with Gasteiger partial charge in [0.25, 0.3) is 0 Å². The molecule has 0 spiro atoms. The number of nitrogens with zero attached hydrogens (tertiary/aromatic N) is 2. The van der Waals surface area contributed by atoms with Crippen LogP contribution in [0.5, 0.6) is 0 Å². The van der Waals surface area contributed by atoms with E-state index in [9.17, 15) is 8.42 Å². The monoisotopic (exact) mass is 444 g/mol. The first kappa shape index (κ1) is 20.0. The third-order valence-electron chi connectivity index (χ3n) is 4.44. The summed E-state index contributed by atoms with van der Waals surface area (Å²) < 4.78 is 24.5. The molecule has 22 heavy (non-hydrogen) atoms. The molecule has 1 saturated carbocycles. The molecule has 130 valence electrons. The van der Waals surface area contributed by atoms with Crippen LogP contribution >= 0.6 is 24.0 Å². The van der Waals surface area contributed by atoms with Crippen molar-refractivity contribution in [3.05, 3.63) is 0 Å². The van der Waals surface area contributed by atoms with Gasteiger partial charge in [-0.1, -0.05) is 25.7 Å². The first-order valence-electron chi connectivity index (χ1n) is 7.97. The smallest absolute Gasteiger partial charge is 0.211 e. The Balaban J connectivity index is 0.00000242. The van der Waals surface area contributed by atoms with Crippen LogP contribution in [0.3, 0.4) is 0 Å². The van der Waals surface area contributed by atoms with Gasteiger partial charge in [0.2, 0.25) is 10.0 Å². The molecule has 0 aromatic heterocycles. The zero-order chi connectivity index (χ0) is 15.3. The fourth-order valence-electron chi connectivity index (χ4n) is 3.15. The van der Waals surface area contributed by atoms with Crippen LogP contribution in [-0.4, -0.2) is 50.6 Å². The van der Waals surface area contributed by atoms with Gasteiger partial charge in [-0.3, -0.25) is 4.99 Å². The Labute approximate surface area is 151 Å². The van der Waals surface area contributed by atoms with Gasteiger partial charge in [-0.05, 0) is 25.2 Å². The van der Waals surface area contributed by atoms with Crippen molar-refractivity contribution in [2.24, 2.45) is 16.6 Å². The zero-order valence-corrected chi connectivity index (χ0v) is 16.5.